The molecule has 0 aliphatic carbocycles. The Bertz CT molecular complexity index is 832. The third-order valence-corrected chi connectivity index (χ3v) is 3.38. The first-order valence-electron chi connectivity index (χ1n) is 6.59. The number of nitrogens with zero attached hydrogens (tertiary/aromatic N) is 2. The van der Waals surface area contributed by atoms with Gasteiger partial charge < -0.3 is 9.67 Å². The van der Waals surface area contributed by atoms with E-state index in [1.807, 2.05) is 47.2 Å². The zero-order valence-electron chi connectivity index (χ0n) is 11.5. The van der Waals surface area contributed by atoms with Crippen molar-refractivity contribution in [3.63, 3.8) is 0 Å². The number of carboxylic acid groups (broad SMARTS) is 1. The fourth-order valence-corrected chi connectivity index (χ4v) is 2.33. The lowest BCUT2D eigenvalue weighted by atomic mass is 10.1. The van der Waals surface area contributed by atoms with Crippen LogP contribution >= 0.6 is 0 Å². The number of hydrogen-bond acceptors (Lipinski definition) is 2. The lowest BCUT2D eigenvalue weighted by molar-refractivity contribution is -0.132. The van der Waals surface area contributed by atoms with Gasteiger partial charge in [-0.25, -0.2) is 4.79 Å². The maximum absolute atomic E-state index is 11.0. The van der Waals surface area contributed by atoms with E-state index in [0.717, 1.165) is 22.2 Å². The van der Waals surface area contributed by atoms with Gasteiger partial charge in [-0.3, -0.25) is 4.98 Å². The Hall–Kier alpha value is -2.88. The van der Waals surface area contributed by atoms with Gasteiger partial charge in [0.05, 0.1) is 17.4 Å². The predicted molar refractivity (Wildman–Crippen MR) is 82.4 cm³/mol. The van der Waals surface area contributed by atoms with Gasteiger partial charge >= 0.3 is 5.97 Å². The van der Waals surface area contributed by atoms with Crippen molar-refractivity contribution in [1.29, 1.82) is 0 Å². The molecule has 0 unspecified atom stereocenters. The number of carboxylic acids is 1. The van der Waals surface area contributed by atoms with Crippen LogP contribution in [-0.2, 0) is 4.79 Å². The summed E-state index contributed by atoms with van der Waals surface area (Å²) in [7, 11) is 0. The average molecular weight is 278 g/mol. The molecule has 0 saturated heterocycles. The molecule has 0 atom stereocenters. The van der Waals surface area contributed by atoms with E-state index in [1.54, 1.807) is 25.4 Å². The highest BCUT2D eigenvalue weighted by Gasteiger charge is 2.09. The molecule has 2 heterocycles. The van der Waals surface area contributed by atoms with Gasteiger partial charge in [0.2, 0.25) is 0 Å². The minimum Gasteiger partial charge on any atom is -0.478 e. The number of benzene rings is 1. The first-order chi connectivity index (χ1) is 10.2. The summed E-state index contributed by atoms with van der Waals surface area (Å²) in [6.45, 7) is 1.60. The quantitative estimate of drug-likeness (QED) is 0.746. The second-order valence-electron chi connectivity index (χ2n) is 4.82. The molecule has 0 spiro atoms. The first kappa shape index (κ1) is 13.1. The van der Waals surface area contributed by atoms with Gasteiger partial charge in [-0.2, -0.15) is 0 Å². The predicted octanol–water partition coefficient (Wildman–Crippen LogP) is 3.51. The molecule has 0 bridgehead atoms. The van der Waals surface area contributed by atoms with Crippen molar-refractivity contribution in [2.24, 2.45) is 0 Å². The number of rotatable bonds is 3. The average Bonchev–Trinajstić information content (AvgIpc) is 2.87. The van der Waals surface area contributed by atoms with Gasteiger partial charge in [-0.05, 0) is 31.2 Å². The Kier molecular flexibility index (Phi) is 3.28. The van der Waals surface area contributed by atoms with Gasteiger partial charge in [-0.15, -0.1) is 0 Å². The summed E-state index contributed by atoms with van der Waals surface area (Å²) < 4.78 is 2.02. The summed E-state index contributed by atoms with van der Waals surface area (Å²) in [4.78, 5) is 15.2. The van der Waals surface area contributed by atoms with Crippen molar-refractivity contribution in [2.45, 2.75) is 6.92 Å². The van der Waals surface area contributed by atoms with Crippen LogP contribution in [0.4, 0.5) is 0 Å². The fraction of sp³-hybridized carbons (Fsp3) is 0.0588. The van der Waals surface area contributed by atoms with E-state index in [2.05, 4.69) is 4.98 Å². The number of carbonyl (C=O) groups is 1. The number of para-hydroxylation sites is 1. The van der Waals surface area contributed by atoms with Crippen LogP contribution in [0.1, 0.15) is 12.5 Å². The summed E-state index contributed by atoms with van der Waals surface area (Å²) in [6, 6.07) is 11.8. The number of aliphatic carboxylic acids is 1. The molecule has 3 aromatic rings. The van der Waals surface area contributed by atoms with Gasteiger partial charge in [-0.1, -0.05) is 18.2 Å². The van der Waals surface area contributed by atoms with Crippen molar-refractivity contribution in [2.75, 3.05) is 0 Å². The lowest BCUT2D eigenvalue weighted by Gasteiger charge is -2.03. The second-order valence-corrected chi connectivity index (χ2v) is 4.82. The molecule has 0 fully saturated rings. The molecule has 3 rings (SSSR count). The van der Waals surface area contributed by atoms with Crippen LogP contribution in [-0.4, -0.2) is 20.6 Å². The van der Waals surface area contributed by atoms with Crippen LogP contribution in [0.15, 0.2) is 60.6 Å². The standard InChI is InChI=1S/C17H14N2O2/c1-12(17(20)21)9-13-11-19(14-5-4-8-18-10-14)16-7-3-2-6-15(13)16/h2-11H,1H3,(H,20,21). The zero-order valence-corrected chi connectivity index (χ0v) is 11.5. The monoisotopic (exact) mass is 278 g/mol. The van der Waals surface area contributed by atoms with Crippen molar-refractivity contribution in [3.05, 3.63) is 66.1 Å². The molecule has 0 amide bonds. The van der Waals surface area contributed by atoms with Crippen LogP contribution in [0.25, 0.3) is 22.7 Å². The van der Waals surface area contributed by atoms with Crippen LogP contribution in [0.2, 0.25) is 0 Å². The normalized spacial score (nSPS) is 11.8. The summed E-state index contributed by atoms with van der Waals surface area (Å²) in [5.41, 5.74) is 3.16. The third-order valence-electron chi connectivity index (χ3n) is 3.38. The maximum Gasteiger partial charge on any atom is 0.331 e. The van der Waals surface area contributed by atoms with Crippen LogP contribution < -0.4 is 0 Å². The highest BCUT2D eigenvalue weighted by molar-refractivity contribution is 5.97. The van der Waals surface area contributed by atoms with E-state index in [-0.39, 0.29) is 0 Å². The lowest BCUT2D eigenvalue weighted by Crippen LogP contribution is -1.95. The highest BCUT2D eigenvalue weighted by atomic mass is 16.4. The van der Waals surface area contributed by atoms with E-state index < -0.39 is 5.97 Å². The van der Waals surface area contributed by atoms with E-state index in [0.29, 0.717) is 5.57 Å². The fourth-order valence-electron chi connectivity index (χ4n) is 2.33. The molecular weight excluding hydrogens is 264 g/mol. The second kappa shape index (κ2) is 5.25. The molecule has 4 heteroatoms. The van der Waals surface area contributed by atoms with Crippen molar-refractivity contribution >= 4 is 22.9 Å². The number of fused-ring (bicyclic) bond motifs is 1. The summed E-state index contributed by atoms with van der Waals surface area (Å²) in [6.07, 6.45) is 7.14. The molecular formula is C17H14N2O2. The van der Waals surface area contributed by atoms with Crippen molar-refractivity contribution in [3.8, 4) is 5.69 Å². The molecule has 2 aromatic heterocycles. The van der Waals surface area contributed by atoms with Crippen molar-refractivity contribution < 1.29 is 9.90 Å². The molecule has 4 nitrogen and oxygen atoms in total. The Labute approximate surface area is 122 Å². The van der Waals surface area contributed by atoms with Gasteiger partial charge in [0.1, 0.15) is 0 Å². The Balaban J connectivity index is 2.24. The molecule has 0 aliphatic rings. The highest BCUT2D eigenvalue weighted by Crippen LogP contribution is 2.26. The SMILES string of the molecule is CC(=Cc1cn(-c2cccnc2)c2ccccc12)C(=O)O. The van der Waals surface area contributed by atoms with Gasteiger partial charge in [0, 0.05) is 28.9 Å². The molecule has 0 aliphatic heterocycles. The molecule has 21 heavy (non-hydrogen) atoms. The third kappa shape index (κ3) is 2.43. The van der Waals surface area contributed by atoms with E-state index in [9.17, 15) is 4.79 Å². The van der Waals surface area contributed by atoms with Gasteiger partial charge in [0.25, 0.3) is 0 Å². The van der Waals surface area contributed by atoms with Crippen LogP contribution in [0, 0.1) is 0 Å². The van der Waals surface area contributed by atoms with E-state index >= 15 is 0 Å². The molecule has 0 saturated carbocycles. The molecule has 1 N–H and O–H groups in total. The smallest absolute Gasteiger partial charge is 0.331 e. The zero-order chi connectivity index (χ0) is 14.8. The first-order valence-corrected chi connectivity index (χ1v) is 6.59. The molecule has 104 valence electrons. The molecule has 0 radical (unpaired) electrons. The van der Waals surface area contributed by atoms with Crippen LogP contribution in [0.3, 0.4) is 0 Å². The van der Waals surface area contributed by atoms with Gasteiger partial charge in [0.15, 0.2) is 0 Å². The summed E-state index contributed by atoms with van der Waals surface area (Å²) >= 11 is 0. The van der Waals surface area contributed by atoms with Crippen LogP contribution in [0.5, 0.6) is 0 Å². The number of aromatic nitrogens is 2. The largest absolute Gasteiger partial charge is 0.478 e. The summed E-state index contributed by atoms with van der Waals surface area (Å²) in [5.74, 6) is -0.909. The maximum atomic E-state index is 11.0. The Morgan fingerprint density at radius 2 is 2.05 bits per heavy atom. The summed E-state index contributed by atoms with van der Waals surface area (Å²) in [5, 5.41) is 10.1. The van der Waals surface area contributed by atoms with E-state index in [1.165, 1.54) is 0 Å². The Morgan fingerprint density at radius 3 is 2.76 bits per heavy atom. The molecule has 1 aromatic carbocycles. The topological polar surface area (TPSA) is 55.1 Å². The number of hydrogen-bond donors (Lipinski definition) is 1. The Morgan fingerprint density at radius 1 is 1.24 bits per heavy atom. The number of pyridine rings is 1. The van der Waals surface area contributed by atoms with Crippen molar-refractivity contribution in [1.82, 2.24) is 9.55 Å². The van der Waals surface area contributed by atoms with E-state index in [4.69, 9.17) is 5.11 Å². The minimum absolute atomic E-state index is 0.309. The minimum atomic E-state index is -0.909.